The van der Waals surface area contributed by atoms with E-state index in [1.807, 2.05) is 30.3 Å². The summed E-state index contributed by atoms with van der Waals surface area (Å²) in [6, 6.07) is 22.3. The molecule has 4 N–H and O–H groups in total. The van der Waals surface area contributed by atoms with Gasteiger partial charge in [0, 0.05) is 32.1 Å². The maximum Gasteiger partial charge on any atom is 0.318 e. The number of carbonyl (C=O) groups is 2. The first-order valence-electron chi connectivity index (χ1n) is 13.6. The summed E-state index contributed by atoms with van der Waals surface area (Å²) in [5, 5.41) is 15.3. The molecule has 0 aliphatic carbocycles. The molecule has 218 valence electrons. The second kappa shape index (κ2) is 14.6. The summed E-state index contributed by atoms with van der Waals surface area (Å²) in [5.41, 5.74) is 1.79. The molecule has 0 aromatic heterocycles. The molecule has 1 aliphatic heterocycles. The number of phenolic OH excluding ortho intramolecular Hbond substituents is 1. The summed E-state index contributed by atoms with van der Waals surface area (Å²) >= 11 is 0. The van der Waals surface area contributed by atoms with E-state index in [1.54, 1.807) is 35.2 Å². The summed E-state index contributed by atoms with van der Waals surface area (Å²) in [6.45, 7) is 1.71. The molecule has 1 aliphatic rings. The van der Waals surface area contributed by atoms with Crippen LogP contribution < -0.4 is 15.4 Å². The van der Waals surface area contributed by atoms with Crippen LogP contribution >= 0.6 is 0 Å². The highest BCUT2D eigenvalue weighted by molar-refractivity contribution is 7.89. The van der Waals surface area contributed by atoms with Crippen molar-refractivity contribution in [1.82, 2.24) is 20.3 Å². The fourth-order valence-electron chi connectivity index (χ4n) is 4.51. The third kappa shape index (κ3) is 9.31. The first-order valence-corrected chi connectivity index (χ1v) is 15.1. The molecule has 0 saturated carbocycles. The molecule has 0 spiro atoms. The largest absolute Gasteiger partial charge is 0.508 e. The Morgan fingerprint density at radius 1 is 0.878 bits per heavy atom. The monoisotopic (exact) mass is 580 g/mol. The molecule has 1 unspecified atom stereocenters. The fourth-order valence-corrected chi connectivity index (χ4v) is 5.80. The smallest absolute Gasteiger partial charge is 0.318 e. The maximum absolute atomic E-state index is 13.5. The van der Waals surface area contributed by atoms with E-state index in [0.717, 1.165) is 11.1 Å². The van der Waals surface area contributed by atoms with Gasteiger partial charge in [-0.15, -0.1) is 0 Å². The molecule has 2 atom stereocenters. The molecule has 3 aromatic carbocycles. The molecule has 4 rings (SSSR count). The Labute approximate surface area is 240 Å². The van der Waals surface area contributed by atoms with Gasteiger partial charge in [0.1, 0.15) is 11.8 Å². The highest BCUT2D eigenvalue weighted by Crippen LogP contribution is 2.14. The van der Waals surface area contributed by atoms with Crippen LogP contribution in [0.25, 0.3) is 0 Å². The number of morpholine rings is 1. The second-order valence-electron chi connectivity index (χ2n) is 9.87. The van der Waals surface area contributed by atoms with Crippen molar-refractivity contribution in [2.24, 2.45) is 0 Å². The Bertz CT molecular complexity index is 1370. The predicted molar refractivity (Wildman–Crippen MR) is 155 cm³/mol. The lowest BCUT2D eigenvalue weighted by Gasteiger charge is -2.29. The summed E-state index contributed by atoms with van der Waals surface area (Å²) in [6.07, 6.45) is 1.23. The third-order valence-electron chi connectivity index (χ3n) is 6.81. The lowest BCUT2D eigenvalue weighted by molar-refractivity contribution is -0.123. The highest BCUT2D eigenvalue weighted by Gasteiger charge is 2.27. The van der Waals surface area contributed by atoms with Gasteiger partial charge < -0.3 is 25.4 Å². The van der Waals surface area contributed by atoms with Crippen molar-refractivity contribution in [1.29, 1.82) is 0 Å². The van der Waals surface area contributed by atoms with Crippen LogP contribution in [0.1, 0.15) is 17.5 Å². The van der Waals surface area contributed by atoms with Gasteiger partial charge in [0.25, 0.3) is 0 Å². The number of hydrogen-bond acceptors (Lipinski definition) is 6. The van der Waals surface area contributed by atoms with Crippen LogP contribution in [0.5, 0.6) is 5.75 Å². The highest BCUT2D eigenvalue weighted by atomic mass is 32.2. The SMILES string of the molecule is O=C(NCC(CCc1ccccc1)NS(=O)(=O)c1ccccc1)[C@H](Cc1ccc(O)cc1)NC(=O)N1CCOCC1. The van der Waals surface area contributed by atoms with Crippen molar-refractivity contribution in [3.8, 4) is 5.75 Å². The van der Waals surface area contributed by atoms with E-state index in [2.05, 4.69) is 15.4 Å². The van der Waals surface area contributed by atoms with Crippen molar-refractivity contribution >= 4 is 22.0 Å². The van der Waals surface area contributed by atoms with Crippen LogP contribution in [0.2, 0.25) is 0 Å². The molecule has 1 fully saturated rings. The number of sulfonamides is 1. The minimum Gasteiger partial charge on any atom is -0.508 e. The van der Waals surface area contributed by atoms with E-state index in [-0.39, 0.29) is 29.6 Å². The maximum atomic E-state index is 13.5. The van der Waals surface area contributed by atoms with E-state index in [9.17, 15) is 23.1 Å². The molecule has 0 radical (unpaired) electrons. The van der Waals surface area contributed by atoms with Gasteiger partial charge in [-0.1, -0.05) is 60.7 Å². The molecule has 0 bridgehead atoms. The number of benzene rings is 3. The zero-order valence-corrected chi connectivity index (χ0v) is 23.6. The zero-order valence-electron chi connectivity index (χ0n) is 22.7. The van der Waals surface area contributed by atoms with Crippen LogP contribution in [0, 0.1) is 0 Å². The van der Waals surface area contributed by atoms with Crippen molar-refractivity contribution in [3.63, 3.8) is 0 Å². The lowest BCUT2D eigenvalue weighted by atomic mass is 10.0. The number of hydrogen-bond donors (Lipinski definition) is 4. The number of aryl methyl sites for hydroxylation is 1. The molecular formula is C30H36N4O6S. The molecule has 10 nitrogen and oxygen atoms in total. The second-order valence-corrected chi connectivity index (χ2v) is 11.6. The van der Waals surface area contributed by atoms with Crippen molar-refractivity contribution in [3.05, 3.63) is 96.1 Å². The van der Waals surface area contributed by atoms with E-state index < -0.39 is 28.0 Å². The standard InChI is InChI=1S/C30H36N4O6S/c35-26-15-12-24(13-16-26)21-28(32-30(37)34-17-19-40-20-18-34)29(36)31-22-25(14-11-23-7-3-1-4-8-23)33-41(38,39)27-9-5-2-6-10-27/h1-10,12-13,15-16,25,28,33,35H,11,14,17-22H2,(H,31,36)(H,32,37)/t25?,28-/m0/s1. The Balaban J connectivity index is 1.47. The molecule has 41 heavy (non-hydrogen) atoms. The first-order chi connectivity index (χ1) is 19.8. The van der Waals surface area contributed by atoms with Gasteiger partial charge in [-0.3, -0.25) is 4.79 Å². The Morgan fingerprint density at radius 3 is 2.17 bits per heavy atom. The average Bonchev–Trinajstić information content (AvgIpc) is 3.00. The third-order valence-corrected chi connectivity index (χ3v) is 8.35. The van der Waals surface area contributed by atoms with Gasteiger partial charge >= 0.3 is 6.03 Å². The number of aromatic hydroxyl groups is 1. The number of carbonyl (C=O) groups excluding carboxylic acids is 2. The molecule has 1 saturated heterocycles. The van der Waals surface area contributed by atoms with Crippen molar-refractivity contribution in [2.45, 2.75) is 36.2 Å². The number of rotatable bonds is 12. The van der Waals surface area contributed by atoms with Crippen LogP contribution in [0.3, 0.4) is 0 Å². The average molecular weight is 581 g/mol. The van der Waals surface area contributed by atoms with E-state index in [4.69, 9.17) is 4.74 Å². The fraction of sp³-hybridized carbons (Fsp3) is 0.333. The van der Waals surface area contributed by atoms with Crippen LogP contribution in [0.4, 0.5) is 4.79 Å². The molecular weight excluding hydrogens is 544 g/mol. The van der Waals surface area contributed by atoms with Crippen LogP contribution in [-0.4, -0.2) is 75.3 Å². The summed E-state index contributed by atoms with van der Waals surface area (Å²) in [5.74, 6) is -0.345. The normalized spacial score (nSPS) is 15.1. The number of amides is 3. The van der Waals surface area contributed by atoms with Gasteiger partial charge in [-0.25, -0.2) is 17.9 Å². The van der Waals surface area contributed by atoms with Crippen LogP contribution in [-0.2, 0) is 32.4 Å². The van der Waals surface area contributed by atoms with E-state index >= 15 is 0 Å². The van der Waals surface area contributed by atoms with Gasteiger partial charge in [0.05, 0.1) is 18.1 Å². The Kier molecular flexibility index (Phi) is 10.7. The first kappa shape index (κ1) is 30.0. The molecule has 1 heterocycles. The summed E-state index contributed by atoms with van der Waals surface area (Å²) in [7, 11) is -3.83. The Morgan fingerprint density at radius 2 is 1.51 bits per heavy atom. The number of nitrogens with one attached hydrogen (secondary N) is 3. The summed E-state index contributed by atoms with van der Waals surface area (Å²) < 4.78 is 34.3. The minimum atomic E-state index is -3.83. The number of ether oxygens (including phenoxy) is 1. The van der Waals surface area contributed by atoms with Gasteiger partial charge in [-0.05, 0) is 48.2 Å². The number of nitrogens with zero attached hydrogens (tertiary/aromatic N) is 1. The molecule has 3 amide bonds. The van der Waals surface area contributed by atoms with Crippen molar-refractivity contribution < 1.29 is 27.9 Å². The van der Waals surface area contributed by atoms with Gasteiger partial charge in [0.15, 0.2) is 0 Å². The van der Waals surface area contributed by atoms with Gasteiger partial charge in [0.2, 0.25) is 15.9 Å². The predicted octanol–water partition coefficient (Wildman–Crippen LogP) is 2.44. The topological polar surface area (TPSA) is 137 Å². The van der Waals surface area contributed by atoms with Crippen LogP contribution in [0.15, 0.2) is 89.8 Å². The van der Waals surface area contributed by atoms with Crippen molar-refractivity contribution in [2.75, 3.05) is 32.8 Å². The van der Waals surface area contributed by atoms with E-state index in [1.165, 1.54) is 24.3 Å². The molecule has 11 heteroatoms. The number of phenols is 1. The zero-order chi connectivity index (χ0) is 29.1. The minimum absolute atomic E-state index is 0.0250. The van der Waals surface area contributed by atoms with Gasteiger partial charge in [-0.2, -0.15) is 0 Å². The molecule has 3 aromatic rings. The van der Waals surface area contributed by atoms with E-state index in [0.29, 0.717) is 39.1 Å². The quantitative estimate of drug-likeness (QED) is 0.260. The Hall–Kier alpha value is -3.93. The summed E-state index contributed by atoms with van der Waals surface area (Å²) in [4.78, 5) is 28.1. The lowest BCUT2D eigenvalue weighted by Crippen LogP contribution is -2.55. The number of urea groups is 1.